The Morgan fingerprint density at radius 3 is 2.58 bits per heavy atom. The summed E-state index contributed by atoms with van der Waals surface area (Å²) < 4.78 is 6.25. The topological polar surface area (TPSA) is 41.6 Å². The number of anilines is 1. The number of methoxy groups -OCH3 is 1. The number of benzene rings is 2. The fourth-order valence-electron chi connectivity index (χ4n) is 2.44. The van der Waals surface area contributed by atoms with Gasteiger partial charge in [0.1, 0.15) is 11.4 Å². The molecule has 1 heterocycles. The van der Waals surface area contributed by atoms with E-state index in [2.05, 4.69) is 21.2 Å². The minimum Gasteiger partial charge on any atom is -0.496 e. The Labute approximate surface area is 154 Å². The molecule has 0 atom stereocenters. The number of nitrogens with zero attached hydrogens (tertiary/aromatic N) is 1. The van der Waals surface area contributed by atoms with Gasteiger partial charge in [-0.15, -0.1) is 0 Å². The lowest BCUT2D eigenvalue weighted by Crippen LogP contribution is -2.30. The molecule has 4 nitrogen and oxygen atoms in total. The lowest BCUT2D eigenvalue weighted by molar-refractivity contribution is -0.113. The Kier molecular flexibility index (Phi) is 4.69. The van der Waals surface area contributed by atoms with Crippen molar-refractivity contribution in [3.05, 3.63) is 63.8 Å². The smallest absolute Gasteiger partial charge is 0.281 e. The molecule has 0 spiro atoms. The standard InChI is InChI=1S/C18H15BrN2O2S/c1-11-3-6-14(7-4-11)21-17(22)15(20-18(21)24)10-12-9-13(19)5-8-16(12)23-2/h3-10H,1-2H3,(H,20,24)/b15-10-. The minimum atomic E-state index is -0.189. The van der Waals surface area contributed by atoms with Crippen LogP contribution in [0.5, 0.6) is 5.75 Å². The SMILES string of the molecule is COc1ccc(Br)cc1/C=C1\NC(=S)N(c2ccc(C)cc2)C1=O. The molecule has 0 aromatic heterocycles. The van der Waals surface area contributed by atoms with Crippen LogP contribution in [-0.2, 0) is 4.79 Å². The maximum atomic E-state index is 12.7. The molecule has 0 aliphatic carbocycles. The maximum absolute atomic E-state index is 12.7. The molecule has 2 aromatic carbocycles. The van der Waals surface area contributed by atoms with Gasteiger partial charge in [0.25, 0.3) is 5.91 Å². The van der Waals surface area contributed by atoms with Crippen LogP contribution in [-0.4, -0.2) is 18.1 Å². The molecule has 122 valence electrons. The fraction of sp³-hybridized carbons (Fsp3) is 0.111. The summed E-state index contributed by atoms with van der Waals surface area (Å²) in [6.45, 7) is 2.00. The number of nitrogens with one attached hydrogen (secondary N) is 1. The molecular weight excluding hydrogens is 388 g/mol. The Balaban J connectivity index is 1.97. The van der Waals surface area contributed by atoms with Crippen LogP contribution in [0.15, 0.2) is 52.6 Å². The Hall–Kier alpha value is -2.18. The van der Waals surface area contributed by atoms with Gasteiger partial charge in [0, 0.05) is 10.0 Å². The summed E-state index contributed by atoms with van der Waals surface area (Å²) in [5, 5.41) is 3.35. The van der Waals surface area contributed by atoms with E-state index in [1.165, 1.54) is 4.90 Å². The van der Waals surface area contributed by atoms with E-state index in [-0.39, 0.29) is 5.91 Å². The number of amides is 1. The van der Waals surface area contributed by atoms with Crippen LogP contribution >= 0.6 is 28.1 Å². The van der Waals surface area contributed by atoms with Gasteiger partial charge in [-0.2, -0.15) is 0 Å². The molecule has 1 fully saturated rings. The van der Waals surface area contributed by atoms with E-state index in [1.54, 1.807) is 13.2 Å². The summed E-state index contributed by atoms with van der Waals surface area (Å²) in [6.07, 6.45) is 1.74. The molecular formula is C18H15BrN2O2S. The van der Waals surface area contributed by atoms with Crippen LogP contribution < -0.4 is 15.0 Å². The second-order valence-electron chi connectivity index (χ2n) is 5.35. The molecule has 1 saturated heterocycles. The number of aryl methyl sites for hydroxylation is 1. The first-order valence-electron chi connectivity index (χ1n) is 7.27. The molecule has 6 heteroatoms. The number of halogens is 1. The van der Waals surface area contributed by atoms with Crippen LogP contribution in [0.2, 0.25) is 0 Å². The van der Waals surface area contributed by atoms with Crippen molar-refractivity contribution >= 4 is 50.9 Å². The van der Waals surface area contributed by atoms with Crippen LogP contribution in [0.4, 0.5) is 5.69 Å². The van der Waals surface area contributed by atoms with E-state index in [1.807, 2.05) is 49.4 Å². The van der Waals surface area contributed by atoms with E-state index in [4.69, 9.17) is 17.0 Å². The van der Waals surface area contributed by atoms with E-state index in [0.29, 0.717) is 16.6 Å². The monoisotopic (exact) mass is 402 g/mol. The number of rotatable bonds is 3. The van der Waals surface area contributed by atoms with Gasteiger partial charge >= 0.3 is 0 Å². The van der Waals surface area contributed by atoms with E-state index in [9.17, 15) is 4.79 Å². The molecule has 0 unspecified atom stereocenters. The molecule has 24 heavy (non-hydrogen) atoms. The molecule has 1 amide bonds. The van der Waals surface area contributed by atoms with Gasteiger partial charge in [-0.1, -0.05) is 33.6 Å². The average molecular weight is 403 g/mol. The molecule has 0 bridgehead atoms. The first-order chi connectivity index (χ1) is 11.5. The lowest BCUT2D eigenvalue weighted by atomic mass is 10.1. The quantitative estimate of drug-likeness (QED) is 0.621. The second-order valence-corrected chi connectivity index (χ2v) is 6.65. The largest absolute Gasteiger partial charge is 0.496 e. The Morgan fingerprint density at radius 2 is 1.92 bits per heavy atom. The van der Waals surface area contributed by atoms with Crippen molar-refractivity contribution in [2.24, 2.45) is 0 Å². The lowest BCUT2D eigenvalue weighted by Gasteiger charge is -2.14. The highest BCUT2D eigenvalue weighted by Crippen LogP contribution is 2.27. The summed E-state index contributed by atoms with van der Waals surface area (Å²) in [5.74, 6) is 0.492. The second kappa shape index (κ2) is 6.75. The Bertz CT molecular complexity index is 847. The number of carbonyl (C=O) groups is 1. The Morgan fingerprint density at radius 1 is 1.21 bits per heavy atom. The van der Waals surface area contributed by atoms with Crippen LogP contribution in [0.1, 0.15) is 11.1 Å². The fourth-order valence-corrected chi connectivity index (χ4v) is 3.11. The van der Waals surface area contributed by atoms with E-state index >= 15 is 0 Å². The molecule has 0 radical (unpaired) electrons. The van der Waals surface area contributed by atoms with E-state index in [0.717, 1.165) is 21.3 Å². The summed E-state index contributed by atoms with van der Waals surface area (Å²) in [4.78, 5) is 14.2. The highest BCUT2D eigenvalue weighted by atomic mass is 79.9. The first-order valence-corrected chi connectivity index (χ1v) is 8.47. The molecule has 3 rings (SSSR count). The van der Waals surface area contributed by atoms with Crippen molar-refractivity contribution in [2.45, 2.75) is 6.92 Å². The zero-order valence-corrected chi connectivity index (χ0v) is 15.6. The van der Waals surface area contributed by atoms with Gasteiger partial charge in [0.2, 0.25) is 0 Å². The van der Waals surface area contributed by atoms with Crippen molar-refractivity contribution < 1.29 is 9.53 Å². The first kappa shape index (κ1) is 16.7. The summed E-state index contributed by atoms with van der Waals surface area (Å²) in [7, 11) is 1.60. The average Bonchev–Trinajstić information content (AvgIpc) is 2.83. The molecule has 0 saturated carbocycles. The van der Waals surface area contributed by atoms with Crippen LogP contribution in [0.3, 0.4) is 0 Å². The highest BCUT2D eigenvalue weighted by Gasteiger charge is 2.32. The van der Waals surface area contributed by atoms with Gasteiger partial charge in [-0.05, 0) is 55.5 Å². The maximum Gasteiger partial charge on any atom is 0.281 e. The van der Waals surface area contributed by atoms with Crippen molar-refractivity contribution in [2.75, 3.05) is 12.0 Å². The predicted molar refractivity (Wildman–Crippen MR) is 103 cm³/mol. The summed E-state index contributed by atoms with van der Waals surface area (Å²) in [6, 6.07) is 13.3. The predicted octanol–water partition coefficient (Wildman–Crippen LogP) is 4.03. The van der Waals surface area contributed by atoms with Crippen molar-refractivity contribution in [3.8, 4) is 5.75 Å². The molecule has 2 aromatic rings. The number of carbonyl (C=O) groups excluding carboxylic acids is 1. The highest BCUT2D eigenvalue weighted by molar-refractivity contribution is 9.10. The number of thiocarbonyl (C=S) groups is 1. The van der Waals surface area contributed by atoms with Crippen LogP contribution in [0.25, 0.3) is 6.08 Å². The normalized spacial score (nSPS) is 15.8. The molecule has 1 aliphatic rings. The third-order valence-electron chi connectivity index (χ3n) is 3.66. The molecule has 1 N–H and O–H groups in total. The van der Waals surface area contributed by atoms with Crippen molar-refractivity contribution in [1.82, 2.24) is 5.32 Å². The zero-order valence-electron chi connectivity index (χ0n) is 13.2. The number of hydrogen-bond acceptors (Lipinski definition) is 3. The third-order valence-corrected chi connectivity index (χ3v) is 4.44. The van der Waals surface area contributed by atoms with Gasteiger partial charge in [-0.3, -0.25) is 9.69 Å². The minimum absolute atomic E-state index is 0.189. The van der Waals surface area contributed by atoms with Crippen molar-refractivity contribution in [3.63, 3.8) is 0 Å². The van der Waals surface area contributed by atoms with Gasteiger partial charge in [-0.25, -0.2) is 0 Å². The molecule has 1 aliphatic heterocycles. The zero-order chi connectivity index (χ0) is 17.3. The van der Waals surface area contributed by atoms with Gasteiger partial charge < -0.3 is 10.1 Å². The van der Waals surface area contributed by atoms with Crippen molar-refractivity contribution in [1.29, 1.82) is 0 Å². The number of ether oxygens (including phenoxy) is 1. The van der Waals surface area contributed by atoms with Gasteiger partial charge in [0.05, 0.1) is 12.8 Å². The van der Waals surface area contributed by atoms with E-state index < -0.39 is 0 Å². The summed E-state index contributed by atoms with van der Waals surface area (Å²) in [5.41, 5.74) is 3.07. The number of hydrogen-bond donors (Lipinski definition) is 1. The van der Waals surface area contributed by atoms with Gasteiger partial charge in [0.15, 0.2) is 5.11 Å². The third kappa shape index (κ3) is 3.20. The van der Waals surface area contributed by atoms with Crippen LogP contribution in [0, 0.1) is 6.92 Å². The summed E-state index contributed by atoms with van der Waals surface area (Å²) >= 11 is 8.76.